The number of esters is 1. The number of hydrogen-bond donors (Lipinski definition) is 1. The predicted octanol–water partition coefficient (Wildman–Crippen LogP) is 1.29. The van der Waals surface area contributed by atoms with Crippen molar-refractivity contribution in [2.75, 3.05) is 19.8 Å². The molecule has 0 saturated carbocycles. The standard InChI is InChI=1S/C14H13Cl2N3O5/c1-2-23-12(21)6-18-14(22)13(19-17)10(20)7-24-11-4-3-8(15)5-9(11)16/h3-5H,2,6-7H2,1H3,(H,18,22). The molecule has 0 aromatic heterocycles. The lowest BCUT2D eigenvalue weighted by Crippen LogP contribution is -2.41. The molecule has 0 atom stereocenters. The van der Waals surface area contributed by atoms with Gasteiger partial charge in [0.05, 0.1) is 11.6 Å². The molecule has 8 nitrogen and oxygen atoms in total. The Balaban J connectivity index is 2.62. The number of halogens is 2. The smallest absolute Gasteiger partial charge is 0.425 e. The summed E-state index contributed by atoms with van der Waals surface area (Å²) in [5.41, 5.74) is 8.00. The van der Waals surface area contributed by atoms with Crippen LogP contribution in [0.25, 0.3) is 5.53 Å². The highest BCUT2D eigenvalue weighted by Crippen LogP contribution is 2.27. The van der Waals surface area contributed by atoms with E-state index in [-0.39, 0.29) is 17.4 Å². The van der Waals surface area contributed by atoms with Crippen molar-refractivity contribution < 1.29 is 28.6 Å². The SMILES string of the molecule is CCOC(=O)CNC(=O)C(=[N+]=[N-])C(=O)COc1ccc(Cl)cc1Cl. The van der Waals surface area contributed by atoms with Gasteiger partial charge in [-0.25, -0.2) is 0 Å². The summed E-state index contributed by atoms with van der Waals surface area (Å²) in [5, 5.41) is 2.65. The highest BCUT2D eigenvalue weighted by molar-refractivity contribution is 6.64. The molecule has 10 heteroatoms. The maximum absolute atomic E-state index is 11.9. The average molecular weight is 374 g/mol. The molecular formula is C14H13Cl2N3O5. The Morgan fingerprint density at radius 2 is 2.00 bits per heavy atom. The minimum absolute atomic E-state index is 0.143. The highest BCUT2D eigenvalue weighted by Gasteiger charge is 2.30. The first-order valence-corrected chi connectivity index (χ1v) is 7.41. The van der Waals surface area contributed by atoms with Crippen LogP contribution >= 0.6 is 23.2 Å². The van der Waals surface area contributed by atoms with Crippen molar-refractivity contribution in [2.24, 2.45) is 0 Å². The van der Waals surface area contributed by atoms with E-state index in [4.69, 9.17) is 33.5 Å². The zero-order valence-corrected chi connectivity index (χ0v) is 14.1. The van der Waals surface area contributed by atoms with Crippen molar-refractivity contribution in [1.82, 2.24) is 5.32 Å². The van der Waals surface area contributed by atoms with Crippen LogP contribution in [-0.4, -0.2) is 47.9 Å². The molecule has 24 heavy (non-hydrogen) atoms. The molecule has 128 valence electrons. The molecule has 0 bridgehead atoms. The van der Waals surface area contributed by atoms with Crippen LogP contribution in [0, 0.1) is 0 Å². The number of ether oxygens (including phenoxy) is 2. The zero-order valence-electron chi connectivity index (χ0n) is 12.5. The van der Waals surface area contributed by atoms with E-state index < -0.39 is 36.5 Å². The van der Waals surface area contributed by atoms with Crippen molar-refractivity contribution in [3.8, 4) is 5.75 Å². The Labute approximate surface area is 147 Å². The Hall–Kier alpha value is -2.41. The monoisotopic (exact) mass is 373 g/mol. The maximum Gasteiger partial charge on any atom is 0.425 e. The lowest BCUT2D eigenvalue weighted by molar-refractivity contribution is -0.143. The molecule has 0 spiro atoms. The Bertz CT molecular complexity index is 702. The van der Waals surface area contributed by atoms with E-state index in [0.717, 1.165) is 0 Å². The molecule has 0 radical (unpaired) electrons. The van der Waals surface area contributed by atoms with Crippen LogP contribution in [0.1, 0.15) is 6.92 Å². The topological polar surface area (TPSA) is 118 Å². The third-order valence-corrected chi connectivity index (χ3v) is 3.06. The van der Waals surface area contributed by atoms with Gasteiger partial charge in [-0.15, -0.1) is 0 Å². The minimum atomic E-state index is -1.04. The molecule has 0 heterocycles. The first-order chi connectivity index (χ1) is 11.4. The molecule has 1 rings (SSSR count). The molecule has 0 aliphatic carbocycles. The molecule has 1 aromatic rings. The largest absolute Gasteiger partial charge is 0.484 e. The van der Waals surface area contributed by atoms with Crippen LogP contribution in [0.15, 0.2) is 18.2 Å². The van der Waals surface area contributed by atoms with Gasteiger partial charge >= 0.3 is 17.6 Å². The van der Waals surface area contributed by atoms with Crippen molar-refractivity contribution in [2.45, 2.75) is 6.92 Å². The molecule has 1 amide bonds. The number of hydrogen-bond acceptors (Lipinski definition) is 5. The van der Waals surface area contributed by atoms with Gasteiger partial charge in [0.1, 0.15) is 12.3 Å². The van der Waals surface area contributed by atoms with Crippen LogP contribution in [0.2, 0.25) is 10.0 Å². The Morgan fingerprint density at radius 1 is 1.29 bits per heavy atom. The number of benzene rings is 1. The third-order valence-electron chi connectivity index (χ3n) is 2.53. The Kier molecular flexibility index (Phi) is 7.91. The van der Waals surface area contributed by atoms with E-state index >= 15 is 0 Å². The summed E-state index contributed by atoms with van der Waals surface area (Å²) in [4.78, 5) is 37.4. The fourth-order valence-corrected chi connectivity index (χ4v) is 1.94. The normalized spacial score (nSPS) is 9.62. The first-order valence-electron chi connectivity index (χ1n) is 6.66. The Morgan fingerprint density at radius 3 is 2.58 bits per heavy atom. The van der Waals surface area contributed by atoms with E-state index in [0.29, 0.717) is 5.02 Å². The number of amides is 1. The summed E-state index contributed by atoms with van der Waals surface area (Å²) >= 11 is 11.6. The molecular weight excluding hydrogens is 361 g/mol. The predicted molar refractivity (Wildman–Crippen MR) is 85.2 cm³/mol. The summed E-state index contributed by atoms with van der Waals surface area (Å²) in [7, 11) is 0. The van der Waals surface area contributed by atoms with Gasteiger partial charge in [-0.05, 0) is 25.1 Å². The second-order valence-corrected chi connectivity index (χ2v) is 5.07. The number of rotatable bonds is 8. The highest BCUT2D eigenvalue weighted by atomic mass is 35.5. The molecule has 0 unspecified atom stereocenters. The van der Waals surface area contributed by atoms with Crippen molar-refractivity contribution in [1.29, 1.82) is 0 Å². The van der Waals surface area contributed by atoms with Gasteiger partial charge in [-0.2, -0.15) is 4.79 Å². The van der Waals surface area contributed by atoms with Gasteiger partial charge < -0.3 is 20.3 Å². The summed E-state index contributed by atoms with van der Waals surface area (Å²) in [6, 6.07) is 4.35. The number of nitrogens with zero attached hydrogens (tertiary/aromatic N) is 2. The van der Waals surface area contributed by atoms with Gasteiger partial charge in [0.2, 0.25) is 0 Å². The van der Waals surface area contributed by atoms with E-state index in [1.807, 2.05) is 0 Å². The van der Waals surface area contributed by atoms with E-state index in [9.17, 15) is 14.4 Å². The van der Waals surface area contributed by atoms with Crippen LogP contribution in [0.5, 0.6) is 5.75 Å². The number of carbonyl (C=O) groups excluding carboxylic acids is 3. The van der Waals surface area contributed by atoms with Crippen LogP contribution in [0.4, 0.5) is 0 Å². The third kappa shape index (κ3) is 6.00. The van der Waals surface area contributed by atoms with Gasteiger partial charge in [-0.1, -0.05) is 23.2 Å². The molecule has 1 N–H and O–H groups in total. The second-order valence-electron chi connectivity index (χ2n) is 4.22. The van der Waals surface area contributed by atoms with E-state index in [2.05, 4.69) is 14.8 Å². The van der Waals surface area contributed by atoms with Crippen molar-refractivity contribution in [3.05, 3.63) is 33.8 Å². The van der Waals surface area contributed by atoms with Crippen LogP contribution in [-0.2, 0) is 19.1 Å². The number of Topliss-reactive ketones (excluding diaryl/α,β-unsaturated/α-hetero) is 1. The summed E-state index contributed by atoms with van der Waals surface area (Å²) in [6.07, 6.45) is 0. The number of nitrogens with one attached hydrogen (secondary N) is 1. The summed E-state index contributed by atoms with van der Waals surface area (Å²) in [6.45, 7) is 0.670. The zero-order chi connectivity index (χ0) is 18.1. The van der Waals surface area contributed by atoms with Crippen LogP contribution < -0.4 is 10.1 Å². The van der Waals surface area contributed by atoms with Crippen molar-refractivity contribution >= 4 is 46.6 Å². The molecule has 0 fully saturated rings. The fraction of sp³-hybridized carbons (Fsp3) is 0.286. The van der Waals surface area contributed by atoms with E-state index in [1.165, 1.54) is 18.2 Å². The minimum Gasteiger partial charge on any atom is -0.484 e. The summed E-state index contributed by atoms with van der Waals surface area (Å²) in [5.74, 6) is -2.48. The summed E-state index contributed by atoms with van der Waals surface area (Å²) < 4.78 is 9.75. The number of ketones is 1. The maximum atomic E-state index is 11.9. The molecule has 0 aliphatic rings. The van der Waals surface area contributed by atoms with Gasteiger partial charge in [0.15, 0.2) is 6.61 Å². The molecule has 1 aromatic carbocycles. The number of carbonyl (C=O) groups is 3. The van der Waals surface area contributed by atoms with Gasteiger partial charge in [0.25, 0.3) is 5.78 Å². The quantitative estimate of drug-likeness (QED) is 0.242. The van der Waals surface area contributed by atoms with Crippen molar-refractivity contribution in [3.63, 3.8) is 0 Å². The first kappa shape index (κ1) is 19.6. The molecule has 0 saturated heterocycles. The lowest BCUT2D eigenvalue weighted by Gasteiger charge is -2.06. The van der Waals surface area contributed by atoms with Gasteiger partial charge in [0, 0.05) is 5.02 Å². The fourth-order valence-electron chi connectivity index (χ4n) is 1.48. The molecule has 0 aliphatic heterocycles. The lowest BCUT2D eigenvalue weighted by atomic mass is 10.2. The second kappa shape index (κ2) is 9.67. The van der Waals surface area contributed by atoms with Crippen LogP contribution in [0.3, 0.4) is 0 Å². The average Bonchev–Trinajstić information content (AvgIpc) is 2.53. The van der Waals surface area contributed by atoms with Gasteiger partial charge in [-0.3, -0.25) is 14.4 Å². The van der Waals surface area contributed by atoms with E-state index in [1.54, 1.807) is 6.92 Å².